The molecular formula is C36H23N5. The zero-order chi connectivity index (χ0) is 27.2. The van der Waals surface area contributed by atoms with Gasteiger partial charge in [0.05, 0.1) is 45.7 Å². The molecule has 0 amide bonds. The van der Waals surface area contributed by atoms with Gasteiger partial charge in [-0.2, -0.15) is 0 Å². The van der Waals surface area contributed by atoms with Gasteiger partial charge in [-0.05, 0) is 59.3 Å². The molecule has 0 radical (unpaired) electrons. The van der Waals surface area contributed by atoms with Crippen LogP contribution in [0.4, 0.5) is 0 Å². The summed E-state index contributed by atoms with van der Waals surface area (Å²) < 4.78 is 2.17. The summed E-state index contributed by atoms with van der Waals surface area (Å²) in [5.41, 5.74) is 7.36. The first kappa shape index (κ1) is 23.2. The zero-order valence-electron chi connectivity index (χ0n) is 22.0. The minimum atomic E-state index is 0.792. The van der Waals surface area contributed by atoms with Crippen molar-refractivity contribution in [1.29, 1.82) is 0 Å². The number of hydrogen-bond acceptors (Lipinski definition) is 4. The predicted octanol–water partition coefficient (Wildman–Crippen LogP) is 8.52. The Labute approximate surface area is 236 Å². The van der Waals surface area contributed by atoms with Crippen LogP contribution in [0.15, 0.2) is 140 Å². The summed E-state index contributed by atoms with van der Waals surface area (Å²) in [4.78, 5) is 19.5. The van der Waals surface area contributed by atoms with Crippen molar-refractivity contribution in [1.82, 2.24) is 24.5 Å². The molecular weight excluding hydrogens is 502 g/mol. The van der Waals surface area contributed by atoms with Crippen LogP contribution in [-0.2, 0) is 0 Å². The van der Waals surface area contributed by atoms with Crippen molar-refractivity contribution >= 4 is 32.6 Å². The second-order valence-electron chi connectivity index (χ2n) is 9.97. The van der Waals surface area contributed by atoms with Crippen LogP contribution in [0.1, 0.15) is 0 Å². The van der Waals surface area contributed by atoms with Crippen molar-refractivity contribution in [3.05, 3.63) is 140 Å². The van der Waals surface area contributed by atoms with Crippen LogP contribution in [-0.4, -0.2) is 24.5 Å². The van der Waals surface area contributed by atoms with Crippen molar-refractivity contribution < 1.29 is 0 Å². The summed E-state index contributed by atoms with van der Waals surface area (Å²) in [6, 6.07) is 43.4. The minimum Gasteiger partial charge on any atom is -0.292 e. The molecule has 8 rings (SSSR count). The molecule has 5 heteroatoms. The Bertz CT molecular complexity index is 2170. The zero-order valence-corrected chi connectivity index (χ0v) is 22.0. The van der Waals surface area contributed by atoms with Gasteiger partial charge in [-0.3, -0.25) is 9.55 Å². The normalized spacial score (nSPS) is 11.4. The van der Waals surface area contributed by atoms with Crippen LogP contribution in [0.2, 0.25) is 0 Å². The van der Waals surface area contributed by atoms with Gasteiger partial charge in [0, 0.05) is 22.5 Å². The second kappa shape index (κ2) is 9.50. The maximum atomic E-state index is 5.07. The van der Waals surface area contributed by atoms with Gasteiger partial charge in [-0.15, -0.1) is 0 Å². The molecule has 5 heterocycles. The van der Waals surface area contributed by atoms with Gasteiger partial charge < -0.3 is 0 Å². The Hall–Kier alpha value is -5.68. The first-order valence-electron chi connectivity index (χ1n) is 13.6. The summed E-state index contributed by atoms with van der Waals surface area (Å²) in [5.74, 6) is 0.824. The predicted molar refractivity (Wildman–Crippen MR) is 166 cm³/mol. The highest BCUT2D eigenvalue weighted by Gasteiger charge is 2.14. The van der Waals surface area contributed by atoms with Gasteiger partial charge in [0.25, 0.3) is 0 Å². The minimum absolute atomic E-state index is 0.792. The molecule has 0 aliphatic carbocycles. The highest BCUT2D eigenvalue weighted by molar-refractivity contribution is 6.08. The SMILES string of the molecule is c1cc(-c2cccc(-c3cccc4ccccc34)n2)nc(-c2cccc(-n3c4ccccc4c4ccncc43)n2)c1. The summed E-state index contributed by atoms with van der Waals surface area (Å²) in [6.07, 6.45) is 3.73. The molecule has 0 aliphatic rings. The molecule has 0 aliphatic heterocycles. The molecule has 0 bridgehead atoms. The molecule has 0 fully saturated rings. The first-order valence-corrected chi connectivity index (χ1v) is 13.6. The fourth-order valence-electron chi connectivity index (χ4n) is 5.65. The molecule has 0 saturated heterocycles. The summed E-state index contributed by atoms with van der Waals surface area (Å²) in [5, 5.41) is 4.71. The van der Waals surface area contributed by atoms with Crippen molar-refractivity contribution in [2.24, 2.45) is 0 Å². The van der Waals surface area contributed by atoms with Crippen LogP contribution in [0.25, 0.3) is 72.4 Å². The maximum absolute atomic E-state index is 5.07. The number of para-hydroxylation sites is 1. The number of rotatable bonds is 4. The molecule has 3 aromatic carbocycles. The average Bonchev–Trinajstić information content (AvgIpc) is 3.39. The van der Waals surface area contributed by atoms with Gasteiger partial charge >= 0.3 is 0 Å². The van der Waals surface area contributed by atoms with E-state index in [1.54, 1.807) is 0 Å². The molecule has 41 heavy (non-hydrogen) atoms. The molecule has 5 nitrogen and oxygen atoms in total. The fraction of sp³-hybridized carbons (Fsp3) is 0. The monoisotopic (exact) mass is 525 g/mol. The molecule has 0 spiro atoms. The molecule has 0 N–H and O–H groups in total. The van der Waals surface area contributed by atoms with Crippen molar-refractivity contribution in [3.8, 4) is 39.9 Å². The molecule has 0 unspecified atom stereocenters. The third-order valence-corrected chi connectivity index (χ3v) is 7.53. The van der Waals surface area contributed by atoms with Crippen LogP contribution >= 0.6 is 0 Å². The Kier molecular flexibility index (Phi) is 5.38. The van der Waals surface area contributed by atoms with Gasteiger partial charge in [0.2, 0.25) is 0 Å². The lowest BCUT2D eigenvalue weighted by Gasteiger charge is -2.10. The summed E-state index contributed by atoms with van der Waals surface area (Å²) in [7, 11) is 0. The highest BCUT2D eigenvalue weighted by Crippen LogP contribution is 2.32. The number of aromatic nitrogens is 5. The average molecular weight is 526 g/mol. The number of fused-ring (bicyclic) bond motifs is 4. The van der Waals surface area contributed by atoms with E-state index in [1.165, 1.54) is 16.2 Å². The Balaban J connectivity index is 1.21. The van der Waals surface area contributed by atoms with E-state index in [9.17, 15) is 0 Å². The lowest BCUT2D eigenvalue weighted by Crippen LogP contribution is -1.99. The van der Waals surface area contributed by atoms with E-state index in [1.807, 2.05) is 60.9 Å². The second-order valence-corrected chi connectivity index (χ2v) is 9.97. The quantitative estimate of drug-likeness (QED) is 0.231. The lowest BCUT2D eigenvalue weighted by molar-refractivity contribution is 1.07. The topological polar surface area (TPSA) is 56.5 Å². The lowest BCUT2D eigenvalue weighted by atomic mass is 10.0. The van der Waals surface area contributed by atoms with Crippen molar-refractivity contribution in [3.63, 3.8) is 0 Å². The molecule has 5 aromatic heterocycles. The number of nitrogens with zero attached hydrogens (tertiary/aromatic N) is 5. The third kappa shape index (κ3) is 3.95. The number of pyridine rings is 4. The van der Waals surface area contributed by atoms with Crippen molar-refractivity contribution in [2.75, 3.05) is 0 Å². The van der Waals surface area contributed by atoms with Crippen LogP contribution in [0.5, 0.6) is 0 Å². The molecule has 8 aromatic rings. The van der Waals surface area contributed by atoms with Crippen molar-refractivity contribution in [2.45, 2.75) is 0 Å². The largest absolute Gasteiger partial charge is 0.292 e. The van der Waals surface area contributed by atoms with Gasteiger partial charge in [0.1, 0.15) is 5.82 Å². The van der Waals surface area contributed by atoms with Gasteiger partial charge in [-0.1, -0.05) is 78.9 Å². The molecule has 0 saturated carbocycles. The number of benzene rings is 3. The van der Waals surface area contributed by atoms with E-state index in [0.29, 0.717) is 0 Å². The Morgan fingerprint density at radius 1 is 0.415 bits per heavy atom. The maximum Gasteiger partial charge on any atom is 0.138 e. The van der Waals surface area contributed by atoms with Crippen LogP contribution in [0.3, 0.4) is 0 Å². The van der Waals surface area contributed by atoms with Gasteiger partial charge in [0.15, 0.2) is 0 Å². The van der Waals surface area contributed by atoms with E-state index in [4.69, 9.17) is 15.0 Å². The third-order valence-electron chi connectivity index (χ3n) is 7.53. The van der Waals surface area contributed by atoms with E-state index in [2.05, 4.69) is 88.4 Å². The van der Waals surface area contributed by atoms with E-state index < -0.39 is 0 Å². The first-order chi connectivity index (χ1) is 20.3. The standard InChI is InChI=1S/C36H23N5/c1-2-11-25-24(9-1)10-5-13-26(25)29-14-6-15-30(38-29)31-16-7-17-32(39-31)33-18-8-20-36(40-33)41-34-19-4-3-12-27(34)28-21-22-37-23-35(28)41/h1-23H. The van der Waals surface area contributed by atoms with Crippen LogP contribution < -0.4 is 0 Å². The number of hydrogen-bond donors (Lipinski definition) is 0. The van der Waals surface area contributed by atoms with E-state index in [-0.39, 0.29) is 0 Å². The smallest absolute Gasteiger partial charge is 0.138 e. The fourth-order valence-corrected chi connectivity index (χ4v) is 5.65. The Morgan fingerprint density at radius 3 is 1.83 bits per heavy atom. The van der Waals surface area contributed by atoms with Crippen LogP contribution in [0, 0.1) is 0 Å². The summed E-state index contributed by atoms with van der Waals surface area (Å²) in [6.45, 7) is 0. The summed E-state index contributed by atoms with van der Waals surface area (Å²) >= 11 is 0. The molecule has 0 atom stereocenters. The van der Waals surface area contributed by atoms with Gasteiger partial charge in [-0.25, -0.2) is 15.0 Å². The highest BCUT2D eigenvalue weighted by atomic mass is 15.1. The van der Waals surface area contributed by atoms with E-state index >= 15 is 0 Å². The van der Waals surface area contributed by atoms with E-state index in [0.717, 1.165) is 56.3 Å². The Morgan fingerprint density at radius 2 is 1.00 bits per heavy atom. The molecule has 192 valence electrons.